The Bertz CT molecular complexity index is 907. The van der Waals surface area contributed by atoms with E-state index in [4.69, 9.17) is 0 Å². The molecule has 2 atom stereocenters. The van der Waals surface area contributed by atoms with E-state index in [1.165, 1.54) is 6.07 Å². The van der Waals surface area contributed by atoms with E-state index in [-0.39, 0.29) is 0 Å². The molecule has 150 valence electrons. The van der Waals surface area contributed by atoms with Crippen LogP contribution >= 0.6 is 0 Å². The van der Waals surface area contributed by atoms with Gasteiger partial charge in [0.15, 0.2) is 0 Å². The van der Waals surface area contributed by atoms with Crippen LogP contribution in [0.25, 0.3) is 0 Å². The average Bonchev–Trinajstić information content (AvgIpc) is 2.73. The van der Waals surface area contributed by atoms with Crippen molar-refractivity contribution in [3.63, 3.8) is 0 Å². The van der Waals surface area contributed by atoms with Crippen LogP contribution < -0.4 is 10.6 Å². The van der Waals surface area contributed by atoms with E-state index in [2.05, 4.69) is 15.6 Å². The SMILES string of the molecule is CC(NC(=O)NC(c1ccccc1)c1ccccn1)c1cccc(C(F)(F)F)c1. The van der Waals surface area contributed by atoms with Gasteiger partial charge < -0.3 is 10.6 Å². The number of nitrogens with zero attached hydrogens (tertiary/aromatic N) is 1. The minimum Gasteiger partial charge on any atom is -0.332 e. The summed E-state index contributed by atoms with van der Waals surface area (Å²) in [6.07, 6.45) is -2.80. The molecule has 1 heterocycles. The molecule has 0 aliphatic rings. The van der Waals surface area contributed by atoms with E-state index in [9.17, 15) is 18.0 Å². The Morgan fingerprint density at radius 3 is 2.24 bits per heavy atom. The quantitative estimate of drug-likeness (QED) is 0.616. The smallest absolute Gasteiger partial charge is 0.332 e. The van der Waals surface area contributed by atoms with Gasteiger partial charge in [-0.1, -0.05) is 48.5 Å². The van der Waals surface area contributed by atoms with Gasteiger partial charge in [-0.25, -0.2) is 4.79 Å². The summed E-state index contributed by atoms with van der Waals surface area (Å²) in [6.45, 7) is 1.63. The number of benzene rings is 2. The van der Waals surface area contributed by atoms with Crippen LogP contribution in [0.2, 0.25) is 0 Å². The number of alkyl halides is 3. The van der Waals surface area contributed by atoms with Crippen LogP contribution in [0.15, 0.2) is 79.0 Å². The molecule has 0 spiro atoms. The highest BCUT2D eigenvalue weighted by atomic mass is 19.4. The van der Waals surface area contributed by atoms with Crippen LogP contribution in [0.3, 0.4) is 0 Å². The number of rotatable bonds is 5. The highest BCUT2D eigenvalue weighted by Gasteiger charge is 2.30. The maximum Gasteiger partial charge on any atom is 0.416 e. The van der Waals surface area contributed by atoms with E-state index in [1.54, 1.807) is 31.3 Å². The number of halogens is 3. The monoisotopic (exact) mass is 399 g/mol. The molecular formula is C22H20F3N3O. The molecule has 4 nitrogen and oxygen atoms in total. The van der Waals surface area contributed by atoms with E-state index >= 15 is 0 Å². The molecule has 7 heteroatoms. The molecule has 0 saturated carbocycles. The number of hydrogen-bond acceptors (Lipinski definition) is 2. The molecule has 0 aliphatic heterocycles. The van der Waals surface area contributed by atoms with Crippen LogP contribution in [0.4, 0.5) is 18.0 Å². The first-order chi connectivity index (χ1) is 13.8. The van der Waals surface area contributed by atoms with Gasteiger partial charge in [0.05, 0.1) is 23.3 Å². The lowest BCUT2D eigenvalue weighted by Gasteiger charge is -2.22. The Kier molecular flexibility index (Phi) is 6.16. The summed E-state index contributed by atoms with van der Waals surface area (Å²) >= 11 is 0. The predicted octanol–water partition coefficient (Wildman–Crippen LogP) is 5.25. The van der Waals surface area contributed by atoms with Crippen molar-refractivity contribution in [2.24, 2.45) is 0 Å². The van der Waals surface area contributed by atoms with Crippen LogP contribution in [0, 0.1) is 0 Å². The minimum atomic E-state index is -4.44. The fraction of sp³-hybridized carbons (Fsp3) is 0.182. The third kappa shape index (κ3) is 5.34. The van der Waals surface area contributed by atoms with Gasteiger partial charge in [0, 0.05) is 6.20 Å². The van der Waals surface area contributed by atoms with Crippen molar-refractivity contribution >= 4 is 6.03 Å². The van der Waals surface area contributed by atoms with E-state index in [0.717, 1.165) is 17.7 Å². The predicted molar refractivity (Wildman–Crippen MR) is 104 cm³/mol. The zero-order valence-corrected chi connectivity index (χ0v) is 15.6. The van der Waals surface area contributed by atoms with Gasteiger partial charge in [0.2, 0.25) is 0 Å². The van der Waals surface area contributed by atoms with Gasteiger partial charge in [0.25, 0.3) is 0 Å². The summed E-state index contributed by atoms with van der Waals surface area (Å²) in [5.41, 5.74) is 1.11. The van der Waals surface area contributed by atoms with Crippen molar-refractivity contribution in [2.45, 2.75) is 25.2 Å². The molecule has 1 aromatic heterocycles. The number of amides is 2. The lowest BCUT2D eigenvalue weighted by molar-refractivity contribution is -0.137. The average molecular weight is 399 g/mol. The van der Waals surface area contributed by atoms with Crippen LogP contribution in [-0.2, 0) is 6.18 Å². The summed E-state index contributed by atoms with van der Waals surface area (Å²) in [4.78, 5) is 16.9. The second-order valence-corrected chi connectivity index (χ2v) is 6.56. The van der Waals surface area contributed by atoms with Crippen LogP contribution in [0.5, 0.6) is 0 Å². The van der Waals surface area contributed by atoms with Gasteiger partial charge >= 0.3 is 12.2 Å². The molecule has 0 radical (unpaired) electrons. The Balaban J connectivity index is 1.75. The van der Waals surface area contributed by atoms with Gasteiger partial charge in [-0.3, -0.25) is 4.98 Å². The fourth-order valence-corrected chi connectivity index (χ4v) is 2.96. The number of carbonyl (C=O) groups is 1. The number of aromatic nitrogens is 1. The van der Waals surface area contributed by atoms with E-state index in [0.29, 0.717) is 11.3 Å². The Labute approximate surface area is 166 Å². The summed E-state index contributed by atoms with van der Waals surface area (Å²) in [5.74, 6) is 0. The van der Waals surface area contributed by atoms with Crippen molar-refractivity contribution in [3.8, 4) is 0 Å². The summed E-state index contributed by atoms with van der Waals surface area (Å²) in [6, 6.07) is 18.0. The molecule has 0 aliphatic carbocycles. The van der Waals surface area contributed by atoms with Crippen molar-refractivity contribution in [2.75, 3.05) is 0 Å². The summed E-state index contributed by atoms with van der Waals surface area (Å²) in [5, 5.41) is 5.56. The molecule has 0 fully saturated rings. The number of carbonyl (C=O) groups excluding carboxylic acids is 1. The van der Waals surface area contributed by atoms with Gasteiger partial charge in [-0.05, 0) is 42.3 Å². The van der Waals surface area contributed by atoms with Crippen molar-refractivity contribution in [1.82, 2.24) is 15.6 Å². The highest BCUT2D eigenvalue weighted by Crippen LogP contribution is 2.30. The molecule has 2 N–H and O–H groups in total. The molecule has 2 aromatic carbocycles. The second kappa shape index (κ2) is 8.77. The Hall–Kier alpha value is -3.35. The maximum absolute atomic E-state index is 12.9. The lowest BCUT2D eigenvalue weighted by Crippen LogP contribution is -2.39. The highest BCUT2D eigenvalue weighted by molar-refractivity contribution is 5.75. The van der Waals surface area contributed by atoms with Gasteiger partial charge in [-0.15, -0.1) is 0 Å². The first-order valence-electron chi connectivity index (χ1n) is 9.04. The Morgan fingerprint density at radius 1 is 0.897 bits per heavy atom. The molecule has 2 unspecified atom stereocenters. The fourth-order valence-electron chi connectivity index (χ4n) is 2.96. The number of hydrogen-bond donors (Lipinski definition) is 2. The summed E-state index contributed by atoms with van der Waals surface area (Å²) < 4.78 is 38.8. The van der Waals surface area contributed by atoms with E-state index in [1.807, 2.05) is 36.4 Å². The van der Waals surface area contributed by atoms with Gasteiger partial charge in [0.1, 0.15) is 0 Å². The molecule has 2 amide bonds. The Morgan fingerprint density at radius 2 is 1.59 bits per heavy atom. The number of pyridine rings is 1. The van der Waals surface area contributed by atoms with Crippen molar-refractivity contribution in [3.05, 3.63) is 101 Å². The second-order valence-electron chi connectivity index (χ2n) is 6.56. The summed E-state index contributed by atoms with van der Waals surface area (Å²) in [7, 11) is 0. The molecule has 0 bridgehead atoms. The zero-order valence-electron chi connectivity index (χ0n) is 15.6. The first kappa shape index (κ1) is 20.4. The standard InChI is InChI=1S/C22H20F3N3O/c1-15(17-10-7-11-18(14-17)22(23,24)25)27-21(29)28-20(16-8-3-2-4-9-16)19-12-5-6-13-26-19/h2-15,20H,1H3,(H2,27,28,29). The zero-order chi connectivity index (χ0) is 20.9. The molecule has 29 heavy (non-hydrogen) atoms. The molecule has 0 saturated heterocycles. The number of nitrogens with one attached hydrogen (secondary N) is 2. The van der Waals surface area contributed by atoms with Crippen molar-refractivity contribution < 1.29 is 18.0 Å². The molecular weight excluding hydrogens is 379 g/mol. The molecule has 3 rings (SSSR count). The van der Waals surface area contributed by atoms with E-state index < -0.39 is 29.9 Å². The third-order valence-electron chi connectivity index (χ3n) is 4.45. The van der Waals surface area contributed by atoms with Gasteiger partial charge in [-0.2, -0.15) is 13.2 Å². The topological polar surface area (TPSA) is 54.0 Å². The normalized spacial score (nSPS) is 13.4. The molecule has 3 aromatic rings. The maximum atomic E-state index is 12.9. The first-order valence-corrected chi connectivity index (χ1v) is 9.04. The van der Waals surface area contributed by atoms with Crippen LogP contribution in [0.1, 0.15) is 41.4 Å². The van der Waals surface area contributed by atoms with Crippen molar-refractivity contribution in [1.29, 1.82) is 0 Å². The minimum absolute atomic E-state index is 0.365. The largest absolute Gasteiger partial charge is 0.416 e. The number of urea groups is 1. The third-order valence-corrected chi connectivity index (χ3v) is 4.45. The van der Waals surface area contributed by atoms with Crippen LogP contribution in [-0.4, -0.2) is 11.0 Å². The lowest BCUT2D eigenvalue weighted by atomic mass is 10.0.